The third kappa shape index (κ3) is 4.59. The van der Waals surface area contributed by atoms with Crippen LogP contribution >= 0.6 is 11.3 Å². The Kier molecular flexibility index (Phi) is 7.26. The fourth-order valence-corrected chi connectivity index (χ4v) is 5.92. The minimum Gasteiger partial charge on any atom is -0.497 e. The summed E-state index contributed by atoms with van der Waals surface area (Å²) in [4.78, 5) is 32.6. The number of esters is 1. The van der Waals surface area contributed by atoms with Gasteiger partial charge in [-0.15, -0.1) is 0 Å². The lowest BCUT2D eigenvalue weighted by Crippen LogP contribution is -2.40. The van der Waals surface area contributed by atoms with Crippen LogP contribution in [0.2, 0.25) is 0 Å². The van der Waals surface area contributed by atoms with E-state index in [1.165, 1.54) is 11.3 Å². The molecule has 1 aliphatic rings. The third-order valence-electron chi connectivity index (χ3n) is 6.67. The Hall–Kier alpha value is -4.37. The SMILES string of the molecule is CCOC(=O)C1=C(C)N=c2s/c(=C/c3ccc(OC)cc3OC)c(=O)n2C1c1c(OC)ccc2ccccc12. The zero-order valence-electron chi connectivity index (χ0n) is 22.3. The molecule has 0 radical (unpaired) electrons. The Morgan fingerprint density at radius 1 is 1.03 bits per heavy atom. The molecule has 1 aliphatic heterocycles. The summed E-state index contributed by atoms with van der Waals surface area (Å²) < 4.78 is 24.1. The molecule has 0 saturated heterocycles. The lowest BCUT2D eigenvalue weighted by Gasteiger charge is -2.27. The number of methoxy groups -OCH3 is 3. The normalized spacial score (nSPS) is 15.1. The van der Waals surface area contributed by atoms with Crippen molar-refractivity contribution in [1.29, 1.82) is 0 Å². The van der Waals surface area contributed by atoms with Gasteiger partial charge in [-0.3, -0.25) is 9.36 Å². The minimum absolute atomic E-state index is 0.191. The number of hydrogen-bond donors (Lipinski definition) is 0. The van der Waals surface area contributed by atoms with Gasteiger partial charge in [-0.1, -0.05) is 41.7 Å². The molecule has 8 nitrogen and oxygen atoms in total. The van der Waals surface area contributed by atoms with Crippen molar-refractivity contribution in [3.05, 3.63) is 96.7 Å². The standard InChI is InChI=1S/C30H28N2O6S/c1-6-38-29(34)25-17(2)31-30-32(27(25)26-21-10-8-7-9-18(21)12-14-22(26)36-4)28(33)24(39-30)15-19-11-13-20(35-3)16-23(19)37-5/h7-16,27H,6H2,1-5H3/b24-15+. The predicted molar refractivity (Wildman–Crippen MR) is 150 cm³/mol. The Labute approximate surface area is 229 Å². The van der Waals surface area contributed by atoms with Gasteiger partial charge in [0.05, 0.1) is 43.7 Å². The van der Waals surface area contributed by atoms with Crippen molar-refractivity contribution < 1.29 is 23.7 Å². The van der Waals surface area contributed by atoms with Gasteiger partial charge in [0.25, 0.3) is 5.56 Å². The number of hydrogen-bond acceptors (Lipinski definition) is 8. The molecule has 5 rings (SSSR count). The van der Waals surface area contributed by atoms with E-state index < -0.39 is 12.0 Å². The Balaban J connectivity index is 1.83. The number of carbonyl (C=O) groups excluding carboxylic acids is 1. The summed E-state index contributed by atoms with van der Waals surface area (Å²) >= 11 is 1.25. The first-order chi connectivity index (χ1) is 18.9. The molecule has 1 unspecified atom stereocenters. The summed E-state index contributed by atoms with van der Waals surface area (Å²) in [6, 6.07) is 16.2. The Bertz CT molecular complexity index is 1800. The topological polar surface area (TPSA) is 88.4 Å². The smallest absolute Gasteiger partial charge is 0.338 e. The fourth-order valence-electron chi connectivity index (χ4n) is 4.88. The molecular formula is C30H28N2O6S. The molecule has 0 fully saturated rings. The lowest BCUT2D eigenvalue weighted by molar-refractivity contribution is -0.139. The molecule has 0 spiro atoms. The molecule has 1 aromatic heterocycles. The summed E-state index contributed by atoms with van der Waals surface area (Å²) in [6.45, 7) is 3.70. The van der Waals surface area contributed by atoms with Crippen LogP contribution in [-0.4, -0.2) is 38.5 Å². The molecule has 0 bridgehead atoms. The van der Waals surface area contributed by atoms with E-state index in [4.69, 9.17) is 18.9 Å². The highest BCUT2D eigenvalue weighted by Crippen LogP contribution is 2.40. The molecule has 0 aliphatic carbocycles. The van der Waals surface area contributed by atoms with Crippen LogP contribution < -0.4 is 29.1 Å². The average Bonchev–Trinajstić information content (AvgIpc) is 3.25. The van der Waals surface area contributed by atoms with Crippen molar-refractivity contribution in [3.63, 3.8) is 0 Å². The molecule has 4 aromatic rings. The molecule has 0 saturated carbocycles. The monoisotopic (exact) mass is 544 g/mol. The Morgan fingerprint density at radius 3 is 2.51 bits per heavy atom. The van der Waals surface area contributed by atoms with Gasteiger partial charge in [0.1, 0.15) is 23.3 Å². The van der Waals surface area contributed by atoms with Crippen molar-refractivity contribution in [3.8, 4) is 17.2 Å². The largest absolute Gasteiger partial charge is 0.497 e. The van der Waals surface area contributed by atoms with Crippen LogP contribution in [0.15, 0.2) is 75.7 Å². The highest BCUT2D eigenvalue weighted by molar-refractivity contribution is 7.07. The fraction of sp³-hybridized carbons (Fsp3) is 0.233. The predicted octanol–water partition coefficient (Wildman–Crippen LogP) is 3.98. The first kappa shape index (κ1) is 26.2. The molecule has 1 atom stereocenters. The second-order valence-electron chi connectivity index (χ2n) is 8.81. The van der Waals surface area contributed by atoms with E-state index in [9.17, 15) is 9.59 Å². The molecule has 0 amide bonds. The van der Waals surface area contributed by atoms with Crippen LogP contribution in [0.25, 0.3) is 16.8 Å². The first-order valence-corrected chi connectivity index (χ1v) is 13.2. The van der Waals surface area contributed by atoms with E-state index in [-0.39, 0.29) is 12.2 Å². The molecule has 200 valence electrons. The van der Waals surface area contributed by atoms with Crippen molar-refractivity contribution in [2.75, 3.05) is 27.9 Å². The lowest BCUT2D eigenvalue weighted by atomic mass is 9.90. The number of nitrogens with zero attached hydrogens (tertiary/aromatic N) is 2. The van der Waals surface area contributed by atoms with E-state index in [2.05, 4.69) is 4.99 Å². The van der Waals surface area contributed by atoms with Gasteiger partial charge in [-0.2, -0.15) is 0 Å². The first-order valence-electron chi connectivity index (χ1n) is 12.4. The number of rotatable bonds is 7. The van der Waals surface area contributed by atoms with E-state index in [0.717, 1.165) is 10.8 Å². The molecular weight excluding hydrogens is 516 g/mol. The van der Waals surface area contributed by atoms with E-state index >= 15 is 0 Å². The number of allylic oxidation sites excluding steroid dienone is 1. The highest BCUT2D eigenvalue weighted by Gasteiger charge is 2.36. The van der Waals surface area contributed by atoms with Crippen molar-refractivity contribution >= 4 is 34.2 Å². The number of ether oxygens (including phenoxy) is 4. The van der Waals surface area contributed by atoms with Gasteiger partial charge in [0, 0.05) is 17.2 Å². The van der Waals surface area contributed by atoms with Crippen LogP contribution in [0.1, 0.15) is 31.0 Å². The molecule has 0 N–H and O–H groups in total. The quantitative estimate of drug-likeness (QED) is 0.327. The van der Waals surface area contributed by atoms with Crippen molar-refractivity contribution in [1.82, 2.24) is 4.57 Å². The van der Waals surface area contributed by atoms with Crippen LogP contribution in [0, 0.1) is 0 Å². The van der Waals surface area contributed by atoms with E-state index in [1.807, 2.05) is 42.5 Å². The second kappa shape index (κ2) is 10.8. The van der Waals surface area contributed by atoms with Gasteiger partial charge >= 0.3 is 5.97 Å². The maximum Gasteiger partial charge on any atom is 0.338 e. The van der Waals surface area contributed by atoms with E-state index in [1.54, 1.807) is 58.0 Å². The second-order valence-corrected chi connectivity index (χ2v) is 9.82. The zero-order valence-corrected chi connectivity index (χ0v) is 23.1. The third-order valence-corrected chi connectivity index (χ3v) is 7.65. The van der Waals surface area contributed by atoms with Crippen LogP contribution in [0.4, 0.5) is 0 Å². The summed E-state index contributed by atoms with van der Waals surface area (Å²) in [6.07, 6.45) is 1.77. The molecule has 9 heteroatoms. The summed E-state index contributed by atoms with van der Waals surface area (Å²) in [5, 5.41) is 1.82. The number of thiazole rings is 1. The van der Waals surface area contributed by atoms with Gasteiger partial charge in [-0.05, 0) is 48.9 Å². The van der Waals surface area contributed by atoms with Gasteiger partial charge in [0.2, 0.25) is 0 Å². The maximum absolute atomic E-state index is 14.1. The maximum atomic E-state index is 14.1. The average molecular weight is 545 g/mol. The summed E-state index contributed by atoms with van der Waals surface area (Å²) in [5.74, 6) is 1.24. The Morgan fingerprint density at radius 2 is 1.79 bits per heavy atom. The van der Waals surface area contributed by atoms with Crippen LogP contribution in [0.5, 0.6) is 17.2 Å². The number of benzene rings is 3. The van der Waals surface area contributed by atoms with Crippen molar-refractivity contribution in [2.45, 2.75) is 19.9 Å². The molecule has 3 aromatic carbocycles. The number of aromatic nitrogens is 1. The summed E-state index contributed by atoms with van der Waals surface area (Å²) in [7, 11) is 4.72. The van der Waals surface area contributed by atoms with Gasteiger partial charge in [-0.25, -0.2) is 9.79 Å². The van der Waals surface area contributed by atoms with Crippen LogP contribution in [-0.2, 0) is 9.53 Å². The molecule has 39 heavy (non-hydrogen) atoms. The highest BCUT2D eigenvalue weighted by atomic mass is 32.1. The zero-order chi connectivity index (χ0) is 27.7. The van der Waals surface area contributed by atoms with Crippen molar-refractivity contribution in [2.24, 2.45) is 4.99 Å². The van der Waals surface area contributed by atoms with Gasteiger partial charge in [0.15, 0.2) is 4.80 Å². The number of fused-ring (bicyclic) bond motifs is 2. The molecule has 2 heterocycles. The number of carbonyl (C=O) groups is 1. The van der Waals surface area contributed by atoms with Gasteiger partial charge < -0.3 is 18.9 Å². The minimum atomic E-state index is -0.804. The summed E-state index contributed by atoms with van der Waals surface area (Å²) in [5.41, 5.74) is 1.91. The van der Waals surface area contributed by atoms with E-state index in [0.29, 0.717) is 49.0 Å². The van der Waals surface area contributed by atoms with Crippen LogP contribution in [0.3, 0.4) is 0 Å².